The molecule has 10 aromatic carbocycles. The van der Waals surface area contributed by atoms with Gasteiger partial charge in [0, 0.05) is 33.4 Å². The van der Waals surface area contributed by atoms with Crippen molar-refractivity contribution in [3.05, 3.63) is 255 Å². The number of rotatable bonds is 9. The highest BCUT2D eigenvalue weighted by Gasteiger charge is 2.21. The topological polar surface area (TPSA) is 8.17 Å². The fourth-order valence-corrected chi connectivity index (χ4v) is 9.12. The van der Waals surface area contributed by atoms with Crippen LogP contribution in [-0.2, 0) is 0 Å². The minimum Gasteiger partial charge on any atom is -0.310 e. The molecule has 0 saturated carbocycles. The highest BCUT2D eigenvalue weighted by molar-refractivity contribution is 6.10. The Morgan fingerprint density at radius 2 is 0.677 bits per heavy atom. The van der Waals surface area contributed by atoms with Gasteiger partial charge in [0.15, 0.2) is 0 Å². The van der Waals surface area contributed by atoms with Gasteiger partial charge < -0.3 is 9.47 Å². The lowest BCUT2D eigenvalue weighted by atomic mass is 9.93. The molecule has 0 saturated heterocycles. The van der Waals surface area contributed by atoms with Crippen LogP contribution in [0.5, 0.6) is 0 Å². The van der Waals surface area contributed by atoms with Crippen LogP contribution in [0.25, 0.3) is 83.1 Å². The summed E-state index contributed by atoms with van der Waals surface area (Å²) in [5.74, 6) is 0. The fourth-order valence-electron chi connectivity index (χ4n) is 9.12. The molecule has 2 nitrogen and oxygen atoms in total. The molecule has 0 aliphatic carbocycles. The Morgan fingerprint density at radius 1 is 0.258 bits per heavy atom. The molecule has 2 heteroatoms. The average molecular weight is 791 g/mol. The van der Waals surface area contributed by atoms with Crippen molar-refractivity contribution < 1.29 is 0 Å². The first-order valence-electron chi connectivity index (χ1n) is 21.3. The second-order valence-corrected chi connectivity index (χ2v) is 15.7. The van der Waals surface area contributed by atoms with E-state index >= 15 is 0 Å². The van der Waals surface area contributed by atoms with E-state index in [9.17, 15) is 0 Å². The summed E-state index contributed by atoms with van der Waals surface area (Å²) in [6.07, 6.45) is 0. The number of aromatic nitrogens is 1. The number of hydrogen-bond acceptors (Lipinski definition) is 1. The Bertz CT molecular complexity index is 3310. The molecule has 0 amide bonds. The summed E-state index contributed by atoms with van der Waals surface area (Å²) in [6, 6.07) is 92.0. The molecular weight excluding hydrogens is 749 g/mol. The Balaban J connectivity index is 1.09. The summed E-state index contributed by atoms with van der Waals surface area (Å²) in [5, 5.41) is 2.44. The summed E-state index contributed by atoms with van der Waals surface area (Å²) in [7, 11) is 0. The highest BCUT2D eigenvalue weighted by atomic mass is 15.1. The molecule has 0 aliphatic rings. The lowest BCUT2D eigenvalue weighted by molar-refractivity contribution is 1.18. The molecular formula is C60H42N2. The van der Waals surface area contributed by atoms with Crippen LogP contribution in [0.4, 0.5) is 17.1 Å². The maximum atomic E-state index is 2.43. The second kappa shape index (κ2) is 16.1. The largest absolute Gasteiger partial charge is 0.310 e. The van der Waals surface area contributed by atoms with Crippen LogP contribution < -0.4 is 4.90 Å². The first-order chi connectivity index (χ1) is 30.8. The predicted molar refractivity (Wildman–Crippen MR) is 263 cm³/mol. The van der Waals surface area contributed by atoms with Crippen LogP contribution in [0.15, 0.2) is 255 Å². The van der Waals surface area contributed by atoms with Crippen molar-refractivity contribution in [1.29, 1.82) is 0 Å². The van der Waals surface area contributed by atoms with Crippen molar-refractivity contribution in [2.24, 2.45) is 0 Å². The molecule has 0 unspecified atom stereocenters. The van der Waals surface area contributed by atoms with E-state index in [1.54, 1.807) is 0 Å². The Hall–Kier alpha value is -8.20. The molecule has 0 N–H and O–H groups in total. The van der Waals surface area contributed by atoms with Gasteiger partial charge in [-0.3, -0.25) is 0 Å². The molecule has 62 heavy (non-hydrogen) atoms. The van der Waals surface area contributed by atoms with E-state index in [4.69, 9.17) is 0 Å². The van der Waals surface area contributed by atoms with E-state index in [0.717, 1.165) is 33.8 Å². The highest BCUT2D eigenvalue weighted by Crippen LogP contribution is 2.45. The summed E-state index contributed by atoms with van der Waals surface area (Å²) in [4.78, 5) is 2.43. The predicted octanol–water partition coefficient (Wildman–Crippen LogP) is 16.6. The molecule has 0 atom stereocenters. The fraction of sp³-hybridized carbons (Fsp3) is 0. The first-order valence-corrected chi connectivity index (χ1v) is 21.3. The van der Waals surface area contributed by atoms with Crippen LogP contribution in [0.1, 0.15) is 0 Å². The smallest absolute Gasteiger partial charge is 0.0561 e. The monoisotopic (exact) mass is 790 g/mol. The normalized spacial score (nSPS) is 11.2. The lowest BCUT2D eigenvalue weighted by Gasteiger charge is -2.29. The Labute approximate surface area is 362 Å². The van der Waals surface area contributed by atoms with E-state index in [-0.39, 0.29) is 0 Å². The maximum Gasteiger partial charge on any atom is 0.0561 e. The van der Waals surface area contributed by atoms with Crippen LogP contribution in [0, 0.1) is 0 Å². The van der Waals surface area contributed by atoms with E-state index in [2.05, 4.69) is 264 Å². The van der Waals surface area contributed by atoms with Crippen molar-refractivity contribution in [2.75, 3.05) is 4.90 Å². The van der Waals surface area contributed by atoms with Crippen LogP contribution in [0.2, 0.25) is 0 Å². The average Bonchev–Trinajstić information content (AvgIpc) is 3.69. The number of anilines is 3. The Morgan fingerprint density at radius 3 is 1.31 bits per heavy atom. The quantitative estimate of drug-likeness (QED) is 0.141. The van der Waals surface area contributed by atoms with E-state index < -0.39 is 0 Å². The van der Waals surface area contributed by atoms with Gasteiger partial charge in [-0.15, -0.1) is 0 Å². The van der Waals surface area contributed by atoms with E-state index in [1.165, 1.54) is 66.4 Å². The van der Waals surface area contributed by atoms with Gasteiger partial charge in [-0.25, -0.2) is 0 Å². The lowest BCUT2D eigenvalue weighted by Crippen LogP contribution is -2.11. The van der Waals surface area contributed by atoms with E-state index in [0.29, 0.717) is 0 Å². The number of fused-ring (bicyclic) bond motifs is 3. The molecule has 11 rings (SSSR count). The molecule has 0 spiro atoms. The summed E-state index contributed by atoms with van der Waals surface area (Å²) in [6.45, 7) is 0. The molecule has 292 valence electrons. The third-order valence-corrected chi connectivity index (χ3v) is 12.0. The zero-order chi connectivity index (χ0) is 41.2. The SMILES string of the molecule is c1ccc(-c2ccc(N(c3ccc4c5ccccc5n(-c5ccc(-c6ccccc6-c6ccccc6)cc5)c4c3)c3ccccc3-c3ccccc3-c3ccccc3)cc2)cc1. The molecule has 11 aromatic rings. The van der Waals surface area contributed by atoms with Gasteiger partial charge in [0.1, 0.15) is 0 Å². The number of nitrogens with zero attached hydrogens (tertiary/aromatic N) is 2. The number of hydrogen-bond donors (Lipinski definition) is 0. The molecule has 0 aliphatic heterocycles. The molecule has 0 bridgehead atoms. The molecule has 1 aromatic heterocycles. The van der Waals surface area contributed by atoms with Gasteiger partial charge in [0.25, 0.3) is 0 Å². The molecule has 0 fully saturated rings. The van der Waals surface area contributed by atoms with Crippen LogP contribution in [-0.4, -0.2) is 4.57 Å². The third-order valence-electron chi connectivity index (χ3n) is 12.0. The third kappa shape index (κ3) is 6.74. The van der Waals surface area contributed by atoms with Crippen molar-refractivity contribution in [2.45, 2.75) is 0 Å². The van der Waals surface area contributed by atoms with E-state index in [1.807, 2.05) is 0 Å². The second-order valence-electron chi connectivity index (χ2n) is 15.7. The Kier molecular flexibility index (Phi) is 9.57. The van der Waals surface area contributed by atoms with Gasteiger partial charge in [0.2, 0.25) is 0 Å². The molecule has 1 heterocycles. The number of para-hydroxylation sites is 2. The van der Waals surface area contributed by atoms with Crippen molar-refractivity contribution >= 4 is 38.9 Å². The first kappa shape index (κ1) is 36.8. The van der Waals surface area contributed by atoms with Gasteiger partial charge in [-0.05, 0) is 98.6 Å². The van der Waals surface area contributed by atoms with Crippen LogP contribution in [0.3, 0.4) is 0 Å². The zero-order valence-electron chi connectivity index (χ0n) is 34.1. The summed E-state index contributed by atoms with van der Waals surface area (Å²) < 4.78 is 2.42. The van der Waals surface area contributed by atoms with Crippen molar-refractivity contribution in [1.82, 2.24) is 4.57 Å². The standard InChI is InChI=1S/C60H42N2/c1-4-18-43(19-5-1)44-32-36-48(37-33-44)61(58-30-16-14-28-55(58)54-27-13-12-26-53(54)46-22-8-3-9-23-46)50-40-41-57-56-29-15-17-31-59(56)62(60(57)42-50)49-38-34-47(35-39-49)52-25-11-10-24-51(52)45-20-6-2-7-21-45/h1-42H. The maximum absolute atomic E-state index is 2.43. The van der Waals surface area contributed by atoms with Crippen molar-refractivity contribution in [3.8, 4) is 61.3 Å². The summed E-state index contributed by atoms with van der Waals surface area (Å²) >= 11 is 0. The minimum absolute atomic E-state index is 1.08. The zero-order valence-corrected chi connectivity index (χ0v) is 34.1. The minimum atomic E-state index is 1.08. The van der Waals surface area contributed by atoms with Gasteiger partial charge >= 0.3 is 0 Å². The van der Waals surface area contributed by atoms with Gasteiger partial charge in [-0.1, -0.05) is 206 Å². The van der Waals surface area contributed by atoms with Gasteiger partial charge in [0.05, 0.1) is 16.7 Å². The molecule has 0 radical (unpaired) electrons. The van der Waals surface area contributed by atoms with Gasteiger partial charge in [-0.2, -0.15) is 0 Å². The number of benzene rings is 10. The van der Waals surface area contributed by atoms with Crippen LogP contribution >= 0.6 is 0 Å². The summed E-state index contributed by atoms with van der Waals surface area (Å²) in [5.41, 5.74) is 18.7. The van der Waals surface area contributed by atoms with Crippen molar-refractivity contribution in [3.63, 3.8) is 0 Å².